The summed E-state index contributed by atoms with van der Waals surface area (Å²) in [6.45, 7) is 4.73. The largest absolute Gasteiger partial charge is 0.304 e. The predicted molar refractivity (Wildman–Crippen MR) is 123 cm³/mol. The Balaban J connectivity index is 1.65. The van der Waals surface area contributed by atoms with Gasteiger partial charge in [0, 0.05) is 63.0 Å². The summed E-state index contributed by atoms with van der Waals surface area (Å²) in [4.78, 5) is 20.4. The molecule has 0 aromatic heterocycles. The van der Waals surface area contributed by atoms with Crippen LogP contribution in [0.5, 0.6) is 0 Å². The van der Waals surface area contributed by atoms with Crippen molar-refractivity contribution in [1.29, 1.82) is 0 Å². The molecule has 2 aliphatic heterocycles. The van der Waals surface area contributed by atoms with E-state index in [1.807, 2.05) is 30.3 Å². The molecule has 4 rings (SSSR count). The summed E-state index contributed by atoms with van der Waals surface area (Å²) >= 11 is 1.60. The van der Waals surface area contributed by atoms with E-state index in [1.54, 1.807) is 23.9 Å². The van der Waals surface area contributed by atoms with Crippen LogP contribution in [0.3, 0.4) is 0 Å². The second kappa shape index (κ2) is 9.03. The minimum absolute atomic E-state index is 0.146. The number of piperazine rings is 1. The first-order valence-corrected chi connectivity index (χ1v) is 12.8. The van der Waals surface area contributed by atoms with Crippen molar-refractivity contribution in [2.45, 2.75) is 27.0 Å². The molecular formula is C23H29N3O3S2. The molecule has 0 radical (unpaired) electrons. The lowest BCUT2D eigenvalue weighted by Crippen LogP contribution is -2.45. The number of carbonyl (C=O) groups excluding carboxylic acids is 1. The van der Waals surface area contributed by atoms with Crippen molar-refractivity contribution in [3.8, 4) is 0 Å². The zero-order valence-electron chi connectivity index (χ0n) is 18.2. The summed E-state index contributed by atoms with van der Waals surface area (Å²) in [6, 6.07) is 13.1. The molecule has 1 atom stereocenters. The van der Waals surface area contributed by atoms with E-state index in [9.17, 15) is 13.2 Å². The SMILES string of the molecule is CN1CCN(CCC(=O)C2c3ccccc3Sc3ccc(S(=O)(=O)N(C)C)cc32)CC1. The first-order valence-electron chi connectivity index (χ1n) is 10.5. The van der Waals surface area contributed by atoms with E-state index < -0.39 is 15.9 Å². The van der Waals surface area contributed by atoms with E-state index in [1.165, 1.54) is 18.4 Å². The number of benzene rings is 2. The number of rotatable bonds is 6. The number of nitrogens with zero attached hydrogens (tertiary/aromatic N) is 3. The van der Waals surface area contributed by atoms with Gasteiger partial charge in [-0.05, 0) is 42.4 Å². The van der Waals surface area contributed by atoms with Gasteiger partial charge in [0.2, 0.25) is 10.0 Å². The van der Waals surface area contributed by atoms with Gasteiger partial charge in [-0.15, -0.1) is 0 Å². The van der Waals surface area contributed by atoms with Crippen molar-refractivity contribution in [3.63, 3.8) is 0 Å². The van der Waals surface area contributed by atoms with Gasteiger partial charge in [0.05, 0.1) is 10.8 Å². The number of ketones is 1. The second-order valence-electron chi connectivity index (χ2n) is 8.42. The van der Waals surface area contributed by atoms with Gasteiger partial charge < -0.3 is 9.80 Å². The van der Waals surface area contributed by atoms with Gasteiger partial charge in [0.15, 0.2) is 0 Å². The van der Waals surface area contributed by atoms with Crippen LogP contribution >= 0.6 is 11.8 Å². The molecule has 0 aliphatic carbocycles. The molecule has 0 bridgehead atoms. The van der Waals surface area contributed by atoms with Gasteiger partial charge in [-0.3, -0.25) is 4.79 Å². The quantitative estimate of drug-likeness (QED) is 0.662. The lowest BCUT2D eigenvalue weighted by Gasteiger charge is -2.33. The number of likely N-dealkylation sites (N-methyl/N-ethyl adjacent to an activating group) is 1. The van der Waals surface area contributed by atoms with E-state index in [4.69, 9.17) is 0 Å². The van der Waals surface area contributed by atoms with Crippen LogP contribution in [0.4, 0.5) is 0 Å². The zero-order chi connectivity index (χ0) is 22.2. The van der Waals surface area contributed by atoms with Crippen LogP contribution in [0.25, 0.3) is 0 Å². The Morgan fingerprint density at radius 2 is 1.71 bits per heavy atom. The summed E-state index contributed by atoms with van der Waals surface area (Å²) < 4.78 is 26.7. The number of hydrogen-bond donors (Lipinski definition) is 0. The van der Waals surface area contributed by atoms with Crippen LogP contribution in [0.2, 0.25) is 0 Å². The Labute approximate surface area is 189 Å². The third-order valence-electron chi connectivity index (χ3n) is 6.11. The van der Waals surface area contributed by atoms with E-state index in [2.05, 4.69) is 16.8 Å². The van der Waals surface area contributed by atoms with Crippen LogP contribution in [0.1, 0.15) is 23.5 Å². The molecule has 0 amide bonds. The Morgan fingerprint density at radius 1 is 1.03 bits per heavy atom. The molecule has 0 saturated carbocycles. The molecule has 0 N–H and O–H groups in total. The normalized spacial score (nSPS) is 19.8. The number of sulfonamides is 1. The van der Waals surface area contributed by atoms with Crippen LogP contribution in [-0.4, -0.2) is 82.2 Å². The van der Waals surface area contributed by atoms with E-state index in [0.29, 0.717) is 6.42 Å². The average Bonchev–Trinajstić information content (AvgIpc) is 2.76. The summed E-state index contributed by atoms with van der Waals surface area (Å²) in [5, 5.41) is 0. The molecule has 2 aliphatic rings. The zero-order valence-corrected chi connectivity index (χ0v) is 19.9. The van der Waals surface area contributed by atoms with Gasteiger partial charge in [-0.2, -0.15) is 0 Å². The Hall–Kier alpha value is -1.71. The van der Waals surface area contributed by atoms with E-state index >= 15 is 0 Å². The lowest BCUT2D eigenvalue weighted by molar-refractivity contribution is -0.120. The highest BCUT2D eigenvalue weighted by molar-refractivity contribution is 7.99. The minimum Gasteiger partial charge on any atom is -0.304 e. The smallest absolute Gasteiger partial charge is 0.242 e. The standard InChI is InChI=1S/C23H29N3O3S2/c1-24(2)31(28,29)17-8-9-22-19(16-17)23(18-6-4-5-7-21(18)30-22)20(27)10-11-26-14-12-25(3)13-15-26/h4-9,16,23H,10-15H2,1-3H3. The van der Waals surface area contributed by atoms with Crippen LogP contribution in [-0.2, 0) is 14.8 Å². The van der Waals surface area contributed by atoms with Crippen LogP contribution in [0, 0.1) is 0 Å². The van der Waals surface area contributed by atoms with Crippen molar-refractivity contribution in [1.82, 2.24) is 14.1 Å². The monoisotopic (exact) mass is 459 g/mol. The number of hydrogen-bond acceptors (Lipinski definition) is 6. The van der Waals surface area contributed by atoms with Gasteiger partial charge >= 0.3 is 0 Å². The molecule has 2 aromatic rings. The van der Waals surface area contributed by atoms with Crippen LogP contribution < -0.4 is 0 Å². The fourth-order valence-electron chi connectivity index (χ4n) is 4.15. The van der Waals surface area contributed by atoms with Gasteiger partial charge in [0.25, 0.3) is 0 Å². The molecule has 1 fully saturated rings. The molecule has 31 heavy (non-hydrogen) atoms. The maximum absolute atomic E-state index is 13.5. The van der Waals surface area contributed by atoms with Crippen LogP contribution in [0.15, 0.2) is 57.2 Å². The number of Topliss-reactive ketones (excluding diaryl/α,β-unsaturated/α-hetero) is 1. The molecule has 166 valence electrons. The molecule has 6 nitrogen and oxygen atoms in total. The van der Waals surface area contributed by atoms with E-state index in [0.717, 1.165) is 53.6 Å². The number of carbonyl (C=O) groups is 1. The molecule has 2 aromatic carbocycles. The van der Waals surface area contributed by atoms with Crippen molar-refractivity contribution in [2.75, 3.05) is 53.9 Å². The first-order chi connectivity index (χ1) is 14.8. The van der Waals surface area contributed by atoms with Crippen molar-refractivity contribution >= 4 is 27.6 Å². The molecule has 0 spiro atoms. The van der Waals surface area contributed by atoms with Crippen molar-refractivity contribution in [3.05, 3.63) is 53.6 Å². The fourth-order valence-corrected chi connectivity index (χ4v) is 6.20. The second-order valence-corrected chi connectivity index (χ2v) is 11.7. The summed E-state index contributed by atoms with van der Waals surface area (Å²) in [7, 11) is 1.60. The van der Waals surface area contributed by atoms with Gasteiger partial charge in [-0.25, -0.2) is 12.7 Å². The maximum atomic E-state index is 13.5. The third kappa shape index (κ3) is 4.59. The lowest BCUT2D eigenvalue weighted by atomic mass is 9.85. The number of fused-ring (bicyclic) bond motifs is 2. The Kier molecular flexibility index (Phi) is 6.55. The average molecular weight is 460 g/mol. The third-order valence-corrected chi connectivity index (χ3v) is 9.11. The van der Waals surface area contributed by atoms with Crippen molar-refractivity contribution < 1.29 is 13.2 Å². The highest BCUT2D eigenvalue weighted by Gasteiger charge is 2.33. The fraction of sp³-hybridized carbons (Fsp3) is 0.435. The maximum Gasteiger partial charge on any atom is 0.242 e. The molecule has 1 unspecified atom stereocenters. The highest BCUT2D eigenvalue weighted by Crippen LogP contribution is 2.47. The Bertz CT molecular complexity index is 1080. The summed E-state index contributed by atoms with van der Waals surface area (Å²) in [5.74, 6) is -0.287. The summed E-state index contributed by atoms with van der Waals surface area (Å²) in [6.07, 6.45) is 0.456. The van der Waals surface area contributed by atoms with Gasteiger partial charge in [0.1, 0.15) is 5.78 Å². The van der Waals surface area contributed by atoms with Crippen molar-refractivity contribution in [2.24, 2.45) is 0 Å². The molecule has 2 heterocycles. The molecule has 1 saturated heterocycles. The summed E-state index contributed by atoms with van der Waals surface area (Å²) in [5.41, 5.74) is 1.78. The molecular weight excluding hydrogens is 430 g/mol. The Morgan fingerprint density at radius 3 is 2.42 bits per heavy atom. The minimum atomic E-state index is -3.57. The first kappa shape index (κ1) is 22.5. The van der Waals surface area contributed by atoms with E-state index in [-0.39, 0.29) is 10.7 Å². The molecule has 8 heteroatoms. The predicted octanol–water partition coefficient (Wildman–Crippen LogP) is 2.74. The topological polar surface area (TPSA) is 60.9 Å². The highest BCUT2D eigenvalue weighted by atomic mass is 32.2. The van der Waals surface area contributed by atoms with Gasteiger partial charge in [-0.1, -0.05) is 30.0 Å².